The molecule has 0 radical (unpaired) electrons. The van der Waals surface area contributed by atoms with Gasteiger partial charge in [0.05, 0.1) is 6.10 Å². The third-order valence-corrected chi connectivity index (χ3v) is 0.740. The van der Waals surface area contributed by atoms with Crippen LogP contribution in [0.1, 0.15) is 27.2 Å². The van der Waals surface area contributed by atoms with Crippen molar-refractivity contribution in [3.05, 3.63) is 5.21 Å². The van der Waals surface area contributed by atoms with Crippen molar-refractivity contribution in [3.63, 3.8) is 0 Å². The summed E-state index contributed by atoms with van der Waals surface area (Å²) >= 11 is 0. The molecule has 0 N–H and O–H groups in total. The Morgan fingerprint density at radius 3 is 2.60 bits per heavy atom. The topological polar surface area (TPSA) is 47.7 Å². The highest BCUT2D eigenvalue weighted by Gasteiger charge is 1.95. The number of nitrogens with zero attached hydrogens (tertiary/aromatic N) is 2. The average Bonchev–Trinajstić information content (AvgIpc) is 1.82. The van der Waals surface area contributed by atoms with E-state index in [4.69, 9.17) is 0 Å². The van der Waals surface area contributed by atoms with Crippen LogP contribution in [0, 0.1) is 5.21 Å². The van der Waals surface area contributed by atoms with Crippen LogP contribution in [0.25, 0.3) is 0 Å². The highest BCUT2D eigenvalue weighted by Crippen LogP contribution is 1.89. The molecule has 0 aromatic heterocycles. The molecule has 4 nitrogen and oxygen atoms in total. The fourth-order valence-electron chi connectivity index (χ4n) is 0.395. The molecule has 0 rings (SSSR count). The van der Waals surface area contributed by atoms with E-state index in [1.807, 2.05) is 6.92 Å². The SMILES string of the molecule is CCCN=[N+]([O-])OC(C)C. The van der Waals surface area contributed by atoms with Crippen LogP contribution in [0.5, 0.6) is 0 Å². The van der Waals surface area contributed by atoms with Crippen molar-refractivity contribution in [1.82, 2.24) is 0 Å². The number of rotatable bonds is 4. The van der Waals surface area contributed by atoms with Gasteiger partial charge >= 0.3 is 0 Å². The van der Waals surface area contributed by atoms with E-state index in [-0.39, 0.29) is 11.1 Å². The van der Waals surface area contributed by atoms with Gasteiger partial charge in [-0.2, -0.15) is 0 Å². The minimum atomic E-state index is -0.0990. The van der Waals surface area contributed by atoms with Crippen LogP contribution in [0.4, 0.5) is 0 Å². The summed E-state index contributed by atoms with van der Waals surface area (Å²) in [6.07, 6.45) is 0.762. The summed E-state index contributed by atoms with van der Waals surface area (Å²) in [6.45, 7) is 6.04. The van der Waals surface area contributed by atoms with Gasteiger partial charge in [0.25, 0.3) is 0 Å². The molecule has 0 aliphatic carbocycles. The maximum absolute atomic E-state index is 10.5. The molecule has 0 atom stereocenters. The average molecular weight is 146 g/mol. The van der Waals surface area contributed by atoms with Crippen LogP contribution in [-0.4, -0.2) is 17.7 Å². The molecule has 0 saturated heterocycles. The summed E-state index contributed by atoms with van der Waals surface area (Å²) in [7, 11) is 0. The lowest BCUT2D eigenvalue weighted by molar-refractivity contribution is -0.799. The maximum atomic E-state index is 10.5. The molecule has 0 aromatic rings. The summed E-state index contributed by atoms with van der Waals surface area (Å²) in [5, 5.41) is 14.4. The summed E-state index contributed by atoms with van der Waals surface area (Å²) in [5.74, 6) is 0. The van der Waals surface area contributed by atoms with E-state index in [1.165, 1.54) is 0 Å². The zero-order valence-electron chi connectivity index (χ0n) is 6.70. The predicted molar refractivity (Wildman–Crippen MR) is 37.4 cm³/mol. The molecule has 0 unspecified atom stereocenters. The van der Waals surface area contributed by atoms with Crippen molar-refractivity contribution in [2.75, 3.05) is 6.54 Å². The normalized spacial score (nSPS) is 12.2. The van der Waals surface area contributed by atoms with Gasteiger partial charge in [0.15, 0.2) is 5.02 Å². The largest absolute Gasteiger partial charge is 0.378 e. The van der Waals surface area contributed by atoms with E-state index >= 15 is 0 Å². The summed E-state index contributed by atoms with van der Waals surface area (Å²) in [6, 6.07) is 0. The van der Waals surface area contributed by atoms with E-state index in [9.17, 15) is 5.21 Å². The van der Waals surface area contributed by atoms with Gasteiger partial charge in [0, 0.05) is 5.11 Å². The summed E-state index contributed by atoms with van der Waals surface area (Å²) in [4.78, 5) is 4.66. The second kappa shape index (κ2) is 5.02. The van der Waals surface area contributed by atoms with Gasteiger partial charge in [-0.25, -0.2) is 5.21 Å². The van der Waals surface area contributed by atoms with Crippen LogP contribution >= 0.6 is 0 Å². The van der Waals surface area contributed by atoms with Crippen molar-refractivity contribution < 1.29 is 9.86 Å². The molecule has 60 valence electrons. The lowest BCUT2D eigenvalue weighted by atomic mass is 10.5. The summed E-state index contributed by atoms with van der Waals surface area (Å²) < 4.78 is 0. The number of hydrogen-bond acceptors (Lipinski definition) is 3. The second-order valence-electron chi connectivity index (χ2n) is 2.26. The monoisotopic (exact) mass is 146 g/mol. The van der Waals surface area contributed by atoms with E-state index in [2.05, 4.69) is 9.95 Å². The number of hydrogen-bond donors (Lipinski definition) is 0. The zero-order chi connectivity index (χ0) is 7.98. The van der Waals surface area contributed by atoms with Gasteiger partial charge in [-0.15, -0.1) is 0 Å². The first-order chi connectivity index (χ1) is 4.66. The van der Waals surface area contributed by atoms with Crippen LogP contribution in [0.2, 0.25) is 0 Å². The lowest BCUT2D eigenvalue weighted by Crippen LogP contribution is -2.10. The van der Waals surface area contributed by atoms with Crippen molar-refractivity contribution in [1.29, 1.82) is 0 Å². The Balaban J connectivity index is 3.49. The van der Waals surface area contributed by atoms with Crippen molar-refractivity contribution in [2.45, 2.75) is 33.3 Å². The molecule has 10 heavy (non-hydrogen) atoms. The van der Waals surface area contributed by atoms with Crippen LogP contribution in [0.3, 0.4) is 0 Å². The van der Waals surface area contributed by atoms with Gasteiger partial charge in [-0.1, -0.05) is 6.92 Å². The molecule has 0 heterocycles. The highest BCUT2D eigenvalue weighted by atomic mass is 16.9. The Labute approximate surface area is 61.0 Å². The fourth-order valence-corrected chi connectivity index (χ4v) is 0.395. The Morgan fingerprint density at radius 1 is 1.60 bits per heavy atom. The smallest absolute Gasteiger partial charge is 0.169 e. The van der Waals surface area contributed by atoms with Crippen LogP contribution in [-0.2, 0) is 4.84 Å². The second-order valence-corrected chi connectivity index (χ2v) is 2.26. The molecule has 0 spiro atoms. The van der Waals surface area contributed by atoms with Crippen LogP contribution < -0.4 is 0 Å². The maximum Gasteiger partial charge on any atom is 0.169 e. The van der Waals surface area contributed by atoms with E-state index in [0.717, 1.165) is 6.42 Å². The lowest BCUT2D eigenvalue weighted by Gasteiger charge is -2.04. The van der Waals surface area contributed by atoms with Crippen LogP contribution in [0.15, 0.2) is 5.11 Å². The van der Waals surface area contributed by atoms with Crippen molar-refractivity contribution in [3.8, 4) is 0 Å². The molecule has 0 fully saturated rings. The summed E-state index contributed by atoms with van der Waals surface area (Å²) in [5.41, 5.74) is 0. The van der Waals surface area contributed by atoms with Gasteiger partial charge in [-0.05, 0) is 20.3 Å². The highest BCUT2D eigenvalue weighted by molar-refractivity contribution is 4.27. The first-order valence-corrected chi connectivity index (χ1v) is 3.48. The Bertz CT molecular complexity index is 112. The molecule has 0 amide bonds. The van der Waals surface area contributed by atoms with Gasteiger partial charge in [-0.3, -0.25) is 0 Å². The van der Waals surface area contributed by atoms with E-state index in [1.54, 1.807) is 13.8 Å². The van der Waals surface area contributed by atoms with Crippen molar-refractivity contribution in [2.24, 2.45) is 5.11 Å². The quantitative estimate of drug-likeness (QED) is 0.447. The van der Waals surface area contributed by atoms with Gasteiger partial charge < -0.3 is 4.84 Å². The first-order valence-electron chi connectivity index (χ1n) is 3.48. The fraction of sp³-hybridized carbons (Fsp3) is 1.00. The predicted octanol–water partition coefficient (Wildman–Crippen LogP) is 1.70. The molecule has 0 aromatic carbocycles. The molecule has 0 saturated carbocycles. The van der Waals surface area contributed by atoms with Gasteiger partial charge in [0.2, 0.25) is 0 Å². The molecule has 0 bridgehead atoms. The molecule has 4 heteroatoms. The standard InChI is InChI=1S/C6H14N2O2/c1-4-5-7-8(9)10-6(2)3/h6H,4-5H2,1-3H3. The minimum absolute atomic E-state index is 0.0990. The molecular weight excluding hydrogens is 132 g/mol. The molecule has 0 aliphatic rings. The van der Waals surface area contributed by atoms with E-state index < -0.39 is 0 Å². The third kappa shape index (κ3) is 5.34. The first kappa shape index (κ1) is 9.20. The molecular formula is C6H14N2O2. The Kier molecular flexibility index (Phi) is 4.62. The minimum Gasteiger partial charge on any atom is -0.378 e. The Hall–Kier alpha value is -0.800. The van der Waals surface area contributed by atoms with Crippen molar-refractivity contribution >= 4 is 0 Å². The van der Waals surface area contributed by atoms with Gasteiger partial charge in [0.1, 0.15) is 6.54 Å². The van der Waals surface area contributed by atoms with E-state index in [0.29, 0.717) is 6.54 Å². The third-order valence-electron chi connectivity index (χ3n) is 0.740. The zero-order valence-corrected chi connectivity index (χ0v) is 6.70. The Morgan fingerprint density at radius 2 is 2.20 bits per heavy atom. The molecule has 0 aliphatic heterocycles.